The van der Waals surface area contributed by atoms with E-state index in [0.717, 1.165) is 11.1 Å². The predicted molar refractivity (Wildman–Crippen MR) is 171 cm³/mol. The number of nitrogens with one attached hydrogen (secondary N) is 4. The molecule has 0 spiro atoms. The molecule has 2 aromatic carbocycles. The summed E-state index contributed by atoms with van der Waals surface area (Å²) >= 11 is 0. The molecule has 0 bridgehead atoms. The Kier molecular flexibility index (Phi) is 12.0. The number of carbonyl (C=O) groups excluding carboxylic acids is 4. The Balaban J connectivity index is 1.85. The normalized spacial score (nSPS) is 13.5. The lowest BCUT2D eigenvalue weighted by Gasteiger charge is -2.24. The van der Waals surface area contributed by atoms with Gasteiger partial charge in [0.2, 0.25) is 11.8 Å². The average molecular weight is 629 g/mol. The van der Waals surface area contributed by atoms with E-state index in [1.807, 2.05) is 58.0 Å². The maximum absolute atomic E-state index is 13.5. The molecule has 3 rings (SSSR count). The lowest BCUT2D eigenvalue weighted by atomic mass is 10.0. The monoisotopic (exact) mass is 628 g/mol. The summed E-state index contributed by atoms with van der Waals surface area (Å²) in [5.74, 6) is -2.16. The fourth-order valence-electron chi connectivity index (χ4n) is 4.35. The zero-order valence-electron chi connectivity index (χ0n) is 26.8. The SMILES string of the molecule is Cc1ccc(CNC(=O)C(Cc2cccc(C=C(C#N)C(=O)NC(C)(C)C)c2)NC(=O)[C@@H](NC(=O)c2cc(C)on2)[C@@H](C)O)cc1. The Morgan fingerprint density at radius 2 is 1.70 bits per heavy atom. The lowest BCUT2D eigenvalue weighted by molar-refractivity contribution is -0.131. The molecule has 12 nitrogen and oxygen atoms in total. The average Bonchev–Trinajstić information content (AvgIpc) is 3.43. The van der Waals surface area contributed by atoms with Crippen molar-refractivity contribution in [3.63, 3.8) is 0 Å². The molecule has 0 radical (unpaired) electrons. The van der Waals surface area contributed by atoms with Crippen LogP contribution >= 0.6 is 0 Å². The second-order valence-electron chi connectivity index (χ2n) is 12.1. The summed E-state index contributed by atoms with van der Waals surface area (Å²) in [5.41, 5.74) is 2.38. The zero-order chi connectivity index (χ0) is 34.0. The van der Waals surface area contributed by atoms with Crippen molar-refractivity contribution in [2.24, 2.45) is 0 Å². The van der Waals surface area contributed by atoms with Crippen molar-refractivity contribution in [3.05, 3.63) is 93.9 Å². The van der Waals surface area contributed by atoms with Gasteiger partial charge in [-0.1, -0.05) is 59.3 Å². The first-order valence-electron chi connectivity index (χ1n) is 14.7. The lowest BCUT2D eigenvalue weighted by Crippen LogP contribution is -2.57. The molecule has 3 atom stereocenters. The quantitative estimate of drug-likeness (QED) is 0.150. The van der Waals surface area contributed by atoms with Crippen LogP contribution in [-0.4, -0.2) is 57.6 Å². The van der Waals surface area contributed by atoms with Crippen LogP contribution in [0.25, 0.3) is 6.08 Å². The molecule has 5 N–H and O–H groups in total. The van der Waals surface area contributed by atoms with Crippen LogP contribution in [0.15, 0.2) is 64.7 Å². The zero-order valence-corrected chi connectivity index (χ0v) is 26.8. The minimum Gasteiger partial charge on any atom is -0.391 e. The molecule has 0 aliphatic rings. The van der Waals surface area contributed by atoms with Crippen LogP contribution in [0.3, 0.4) is 0 Å². The number of amides is 4. The minimum absolute atomic E-state index is 0.0200. The fraction of sp³-hybridized carbons (Fsp3) is 0.353. The number of aliphatic hydroxyl groups excluding tert-OH is 1. The van der Waals surface area contributed by atoms with E-state index in [1.165, 1.54) is 19.1 Å². The van der Waals surface area contributed by atoms with Crippen molar-refractivity contribution >= 4 is 29.7 Å². The number of benzene rings is 2. The van der Waals surface area contributed by atoms with Gasteiger partial charge in [0.25, 0.3) is 11.8 Å². The van der Waals surface area contributed by atoms with Crippen LogP contribution in [0.5, 0.6) is 0 Å². The number of nitriles is 1. The van der Waals surface area contributed by atoms with Gasteiger partial charge in [-0.3, -0.25) is 19.2 Å². The van der Waals surface area contributed by atoms with Crippen LogP contribution in [0, 0.1) is 25.2 Å². The number of aliphatic hydroxyl groups is 1. The second-order valence-corrected chi connectivity index (χ2v) is 12.1. The predicted octanol–water partition coefficient (Wildman–Crippen LogP) is 2.64. The summed E-state index contributed by atoms with van der Waals surface area (Å²) in [5, 5.41) is 34.3. The minimum atomic E-state index is -1.41. The molecule has 242 valence electrons. The van der Waals surface area contributed by atoms with E-state index >= 15 is 0 Å². The third kappa shape index (κ3) is 10.7. The van der Waals surface area contributed by atoms with Gasteiger partial charge < -0.3 is 30.9 Å². The molecule has 0 aliphatic heterocycles. The number of carbonyl (C=O) groups is 4. The van der Waals surface area contributed by atoms with Gasteiger partial charge in [0, 0.05) is 24.6 Å². The summed E-state index contributed by atoms with van der Waals surface area (Å²) in [4.78, 5) is 52.2. The van der Waals surface area contributed by atoms with Crippen LogP contribution in [0.4, 0.5) is 0 Å². The molecule has 1 heterocycles. The Morgan fingerprint density at radius 3 is 2.28 bits per heavy atom. The first kappa shape index (κ1) is 35.2. The van der Waals surface area contributed by atoms with Gasteiger partial charge in [-0.25, -0.2) is 0 Å². The molecule has 0 fully saturated rings. The number of hydrogen-bond donors (Lipinski definition) is 5. The van der Waals surface area contributed by atoms with Crippen molar-refractivity contribution in [1.82, 2.24) is 26.4 Å². The standard InChI is InChI=1S/C34H40N6O6/c1-20-10-12-23(13-11-20)19-36-31(43)27(37-33(45)29(22(3)41)38-32(44)28-14-21(2)46-40-28)17-25-9-7-8-24(15-25)16-26(18-35)30(42)39-34(4,5)6/h7-16,22,27,29,41H,17,19H2,1-6H3,(H,36,43)(H,37,45)(H,38,44)(H,39,42)/t22-,27?,29+/m1/s1. The van der Waals surface area contributed by atoms with Crippen molar-refractivity contribution in [2.45, 2.75) is 78.2 Å². The van der Waals surface area contributed by atoms with Gasteiger partial charge in [-0.2, -0.15) is 5.26 Å². The molecule has 12 heteroatoms. The third-order valence-corrected chi connectivity index (χ3v) is 6.69. The highest BCUT2D eigenvalue weighted by Crippen LogP contribution is 2.14. The van der Waals surface area contributed by atoms with Gasteiger partial charge in [0.15, 0.2) is 5.69 Å². The van der Waals surface area contributed by atoms with Gasteiger partial charge in [-0.15, -0.1) is 0 Å². The molecule has 3 aromatic rings. The highest BCUT2D eigenvalue weighted by Gasteiger charge is 2.31. The number of hydrogen-bond acceptors (Lipinski definition) is 8. The van der Waals surface area contributed by atoms with E-state index < -0.39 is 47.4 Å². The van der Waals surface area contributed by atoms with Crippen LogP contribution in [0.1, 0.15) is 66.2 Å². The molecular weight excluding hydrogens is 588 g/mol. The molecule has 46 heavy (non-hydrogen) atoms. The van der Waals surface area contributed by atoms with E-state index in [1.54, 1.807) is 31.2 Å². The highest BCUT2D eigenvalue weighted by molar-refractivity contribution is 6.02. The highest BCUT2D eigenvalue weighted by atomic mass is 16.5. The van der Waals surface area contributed by atoms with E-state index in [2.05, 4.69) is 26.4 Å². The number of aromatic nitrogens is 1. The molecular formula is C34H40N6O6. The molecule has 0 saturated carbocycles. The fourth-order valence-corrected chi connectivity index (χ4v) is 4.35. The molecule has 4 amide bonds. The molecule has 1 aromatic heterocycles. The Labute approximate surface area is 268 Å². The third-order valence-electron chi connectivity index (χ3n) is 6.69. The van der Waals surface area contributed by atoms with Crippen molar-refractivity contribution in [1.29, 1.82) is 5.26 Å². The number of nitrogens with zero attached hydrogens (tertiary/aromatic N) is 2. The first-order chi connectivity index (χ1) is 21.6. The van der Waals surface area contributed by atoms with Gasteiger partial charge in [0.1, 0.15) is 29.5 Å². The van der Waals surface area contributed by atoms with Gasteiger partial charge >= 0.3 is 0 Å². The van der Waals surface area contributed by atoms with Crippen molar-refractivity contribution < 1.29 is 28.8 Å². The van der Waals surface area contributed by atoms with Gasteiger partial charge in [-0.05, 0) is 64.3 Å². The molecule has 0 aliphatic carbocycles. The van der Waals surface area contributed by atoms with Crippen molar-refractivity contribution in [3.8, 4) is 6.07 Å². The maximum Gasteiger partial charge on any atom is 0.274 e. The Bertz CT molecular complexity index is 1630. The largest absolute Gasteiger partial charge is 0.391 e. The summed E-state index contributed by atoms with van der Waals surface area (Å²) < 4.78 is 4.92. The van der Waals surface area contributed by atoms with E-state index in [9.17, 15) is 29.5 Å². The van der Waals surface area contributed by atoms with Crippen molar-refractivity contribution in [2.75, 3.05) is 0 Å². The maximum atomic E-state index is 13.5. The number of rotatable bonds is 12. The smallest absolute Gasteiger partial charge is 0.274 e. The summed E-state index contributed by atoms with van der Waals surface area (Å²) in [6.45, 7) is 10.5. The Morgan fingerprint density at radius 1 is 1.00 bits per heavy atom. The summed E-state index contributed by atoms with van der Waals surface area (Å²) in [6, 6.07) is 15.2. The molecule has 1 unspecified atom stereocenters. The number of aryl methyl sites for hydroxylation is 2. The van der Waals surface area contributed by atoms with Crippen LogP contribution in [-0.2, 0) is 27.3 Å². The van der Waals surface area contributed by atoms with Crippen LogP contribution < -0.4 is 21.3 Å². The van der Waals surface area contributed by atoms with E-state index in [0.29, 0.717) is 16.9 Å². The topological polar surface area (TPSA) is 186 Å². The summed E-state index contributed by atoms with van der Waals surface area (Å²) in [6.07, 6.45) is 0.150. The molecule has 0 saturated heterocycles. The Hall–Kier alpha value is -5.28. The van der Waals surface area contributed by atoms with E-state index in [4.69, 9.17) is 4.52 Å². The second kappa shape index (κ2) is 15.6. The van der Waals surface area contributed by atoms with Crippen LogP contribution in [0.2, 0.25) is 0 Å². The summed E-state index contributed by atoms with van der Waals surface area (Å²) in [7, 11) is 0. The van der Waals surface area contributed by atoms with Gasteiger partial charge in [0.05, 0.1) is 6.10 Å². The van der Waals surface area contributed by atoms with E-state index in [-0.39, 0.29) is 24.2 Å². The first-order valence-corrected chi connectivity index (χ1v) is 14.7.